The molecule has 0 saturated heterocycles. The van der Waals surface area contributed by atoms with Crippen LogP contribution in [0.25, 0.3) is 6.08 Å². The van der Waals surface area contributed by atoms with Gasteiger partial charge in [-0.3, -0.25) is 0 Å². The third-order valence-electron chi connectivity index (χ3n) is 1.52. The lowest BCUT2D eigenvalue weighted by Crippen LogP contribution is -1.86. The van der Waals surface area contributed by atoms with Gasteiger partial charge in [0, 0.05) is 5.69 Å². The van der Waals surface area contributed by atoms with E-state index in [4.69, 9.17) is 5.73 Å². The summed E-state index contributed by atoms with van der Waals surface area (Å²) in [6, 6.07) is 5.80. The van der Waals surface area contributed by atoms with Gasteiger partial charge in [-0.05, 0) is 30.2 Å². The average Bonchev–Trinajstić information content (AvgIpc) is 2.27. The topological polar surface area (TPSA) is 26.0 Å². The summed E-state index contributed by atoms with van der Waals surface area (Å²) in [5.41, 5.74) is 8.67. The molecule has 80 valence electrons. The third kappa shape index (κ3) is 5.41. The molecule has 1 nitrogen and oxygen atoms in total. The van der Waals surface area contributed by atoms with Gasteiger partial charge in [0.2, 0.25) is 0 Å². The lowest BCUT2D eigenvalue weighted by molar-refractivity contribution is 1.45. The van der Waals surface area contributed by atoms with E-state index in [1.54, 1.807) is 0 Å². The highest BCUT2D eigenvalue weighted by Gasteiger charge is 1.91. The van der Waals surface area contributed by atoms with Crippen molar-refractivity contribution in [3.05, 3.63) is 35.9 Å². The summed E-state index contributed by atoms with van der Waals surface area (Å²) >= 11 is 0. The van der Waals surface area contributed by atoms with Crippen molar-refractivity contribution in [2.45, 2.75) is 34.6 Å². The average molecular weight is 193 g/mol. The molecule has 0 radical (unpaired) electrons. The van der Waals surface area contributed by atoms with Gasteiger partial charge in [-0.2, -0.15) is 0 Å². The fourth-order valence-electron chi connectivity index (χ4n) is 0.879. The van der Waals surface area contributed by atoms with Gasteiger partial charge < -0.3 is 5.73 Å². The molecule has 1 aromatic rings. The van der Waals surface area contributed by atoms with E-state index in [1.165, 1.54) is 5.56 Å². The van der Waals surface area contributed by atoms with Gasteiger partial charge in [0.05, 0.1) is 0 Å². The van der Waals surface area contributed by atoms with E-state index in [0.29, 0.717) is 0 Å². The standard InChI is InChI=1S/C9H11N.2C2H6/c1-3-8-6-9(10)5-4-7(8)2;2*1-2/h3-6H,1,10H2,2H3;2*1-2H3. The highest BCUT2D eigenvalue weighted by atomic mass is 14.5. The fourth-order valence-corrected chi connectivity index (χ4v) is 0.879. The minimum Gasteiger partial charge on any atom is -0.399 e. The molecule has 2 N–H and O–H groups in total. The number of nitrogen functional groups attached to an aromatic ring is 1. The van der Waals surface area contributed by atoms with Crippen LogP contribution in [0, 0.1) is 6.92 Å². The van der Waals surface area contributed by atoms with Crippen LogP contribution in [0.5, 0.6) is 0 Å². The van der Waals surface area contributed by atoms with Crippen LogP contribution in [0.3, 0.4) is 0 Å². The first-order chi connectivity index (χ1) is 6.74. The predicted octanol–water partition coefficient (Wildman–Crippen LogP) is 4.27. The maximum absolute atomic E-state index is 5.56. The Balaban J connectivity index is 0. The lowest BCUT2D eigenvalue weighted by Gasteiger charge is -1.99. The van der Waals surface area contributed by atoms with Crippen molar-refractivity contribution in [1.29, 1.82) is 0 Å². The molecule has 0 amide bonds. The van der Waals surface area contributed by atoms with E-state index in [9.17, 15) is 0 Å². The first-order valence-corrected chi connectivity index (χ1v) is 5.22. The Morgan fingerprint density at radius 3 is 2.00 bits per heavy atom. The summed E-state index contributed by atoms with van der Waals surface area (Å²) in [7, 11) is 0. The van der Waals surface area contributed by atoms with Gasteiger partial charge in [0.15, 0.2) is 0 Å². The molecular formula is C13H23N. The van der Waals surface area contributed by atoms with Gasteiger partial charge >= 0.3 is 0 Å². The number of nitrogens with two attached hydrogens (primary N) is 1. The second-order valence-corrected chi connectivity index (χ2v) is 2.32. The Morgan fingerprint density at radius 1 is 1.14 bits per heavy atom. The zero-order valence-corrected chi connectivity index (χ0v) is 10.1. The minimum atomic E-state index is 0.792. The Morgan fingerprint density at radius 2 is 1.64 bits per heavy atom. The van der Waals surface area contributed by atoms with Crippen molar-refractivity contribution < 1.29 is 0 Å². The van der Waals surface area contributed by atoms with E-state index < -0.39 is 0 Å². The van der Waals surface area contributed by atoms with Gasteiger partial charge in [0.1, 0.15) is 0 Å². The van der Waals surface area contributed by atoms with Crippen molar-refractivity contribution in [2.24, 2.45) is 0 Å². The van der Waals surface area contributed by atoms with Crippen LogP contribution < -0.4 is 5.73 Å². The largest absolute Gasteiger partial charge is 0.399 e. The second kappa shape index (κ2) is 9.85. The quantitative estimate of drug-likeness (QED) is 0.662. The summed E-state index contributed by atoms with van der Waals surface area (Å²) < 4.78 is 0. The molecular weight excluding hydrogens is 170 g/mol. The molecule has 0 aromatic heterocycles. The summed E-state index contributed by atoms with van der Waals surface area (Å²) in [6.45, 7) is 13.7. The maximum Gasteiger partial charge on any atom is 0.0320 e. The molecule has 0 spiro atoms. The Kier molecular flexibility index (Phi) is 10.7. The van der Waals surface area contributed by atoms with Crippen LogP contribution in [0.4, 0.5) is 5.69 Å². The van der Waals surface area contributed by atoms with E-state index in [2.05, 4.69) is 6.58 Å². The Bertz CT molecular complexity index is 251. The Hall–Kier alpha value is -1.24. The van der Waals surface area contributed by atoms with E-state index >= 15 is 0 Å². The molecule has 0 saturated carbocycles. The highest BCUT2D eigenvalue weighted by Crippen LogP contribution is 2.12. The number of benzene rings is 1. The zero-order valence-electron chi connectivity index (χ0n) is 10.1. The van der Waals surface area contributed by atoms with Gasteiger partial charge in [0.25, 0.3) is 0 Å². The van der Waals surface area contributed by atoms with Crippen molar-refractivity contribution in [1.82, 2.24) is 0 Å². The molecule has 0 unspecified atom stereocenters. The molecule has 0 bridgehead atoms. The van der Waals surface area contributed by atoms with Crippen LogP contribution in [0.15, 0.2) is 24.8 Å². The highest BCUT2D eigenvalue weighted by molar-refractivity contribution is 5.57. The van der Waals surface area contributed by atoms with Crippen LogP contribution in [-0.2, 0) is 0 Å². The molecule has 0 heterocycles. The van der Waals surface area contributed by atoms with Crippen LogP contribution >= 0.6 is 0 Å². The molecule has 1 rings (SSSR count). The number of hydrogen-bond donors (Lipinski definition) is 1. The summed E-state index contributed by atoms with van der Waals surface area (Å²) in [4.78, 5) is 0. The van der Waals surface area contributed by atoms with Crippen molar-refractivity contribution >= 4 is 11.8 Å². The third-order valence-corrected chi connectivity index (χ3v) is 1.52. The molecule has 14 heavy (non-hydrogen) atoms. The number of anilines is 1. The van der Waals surface area contributed by atoms with Gasteiger partial charge in [-0.15, -0.1) is 0 Å². The smallest absolute Gasteiger partial charge is 0.0320 e. The molecule has 0 fully saturated rings. The zero-order chi connectivity index (χ0) is 11.6. The number of rotatable bonds is 1. The SMILES string of the molecule is C=Cc1cc(N)ccc1C.CC.CC. The van der Waals surface area contributed by atoms with Crippen molar-refractivity contribution in [3.8, 4) is 0 Å². The van der Waals surface area contributed by atoms with E-state index in [1.807, 2.05) is 58.9 Å². The minimum absolute atomic E-state index is 0.792. The monoisotopic (exact) mass is 193 g/mol. The first-order valence-electron chi connectivity index (χ1n) is 5.22. The Labute approximate surface area is 88.6 Å². The molecule has 0 aliphatic rings. The van der Waals surface area contributed by atoms with Gasteiger partial charge in [-0.1, -0.05) is 46.4 Å². The van der Waals surface area contributed by atoms with Crippen LogP contribution in [-0.4, -0.2) is 0 Å². The second-order valence-electron chi connectivity index (χ2n) is 2.32. The number of hydrogen-bond acceptors (Lipinski definition) is 1. The van der Waals surface area contributed by atoms with Crippen molar-refractivity contribution in [2.75, 3.05) is 5.73 Å². The van der Waals surface area contributed by atoms with E-state index in [0.717, 1.165) is 11.3 Å². The predicted molar refractivity (Wildman–Crippen MR) is 68.4 cm³/mol. The van der Waals surface area contributed by atoms with E-state index in [-0.39, 0.29) is 0 Å². The maximum atomic E-state index is 5.56. The summed E-state index contributed by atoms with van der Waals surface area (Å²) in [5.74, 6) is 0. The van der Waals surface area contributed by atoms with Gasteiger partial charge in [-0.25, -0.2) is 0 Å². The summed E-state index contributed by atoms with van der Waals surface area (Å²) in [6.07, 6.45) is 1.81. The van der Waals surface area contributed by atoms with Crippen LogP contribution in [0.1, 0.15) is 38.8 Å². The van der Waals surface area contributed by atoms with Crippen LogP contribution in [0.2, 0.25) is 0 Å². The molecule has 0 atom stereocenters. The lowest BCUT2D eigenvalue weighted by atomic mass is 10.1. The fraction of sp³-hybridized carbons (Fsp3) is 0.385. The first kappa shape index (κ1) is 15.2. The molecule has 0 aliphatic carbocycles. The summed E-state index contributed by atoms with van der Waals surface area (Å²) in [5, 5.41) is 0. The molecule has 0 aliphatic heterocycles. The normalized spacial score (nSPS) is 7.50. The number of aryl methyl sites for hydroxylation is 1. The molecule has 1 aromatic carbocycles. The molecule has 1 heteroatoms. The van der Waals surface area contributed by atoms with Crippen molar-refractivity contribution in [3.63, 3.8) is 0 Å².